The monoisotopic (exact) mass is 237 g/mol. The maximum atomic E-state index is 13.2. The molecule has 17 heavy (non-hydrogen) atoms. The maximum absolute atomic E-state index is 13.2. The number of halogens is 1. The van der Waals surface area contributed by atoms with Crippen molar-refractivity contribution in [1.29, 1.82) is 0 Å². The Labute approximate surface area is 102 Å². The second kappa shape index (κ2) is 5.61. The highest BCUT2D eigenvalue weighted by Gasteiger charge is 2.25. The summed E-state index contributed by atoms with van der Waals surface area (Å²) in [5.74, 6) is -0.159. The fraction of sp³-hybridized carbons (Fsp3) is 0.571. The van der Waals surface area contributed by atoms with E-state index in [1.165, 1.54) is 6.07 Å². The molecule has 1 aromatic rings. The van der Waals surface area contributed by atoms with Crippen molar-refractivity contribution in [3.8, 4) is 0 Å². The summed E-state index contributed by atoms with van der Waals surface area (Å²) in [7, 11) is 1.95. The third-order valence-electron chi connectivity index (χ3n) is 3.54. The van der Waals surface area contributed by atoms with Crippen molar-refractivity contribution in [3.05, 3.63) is 35.1 Å². The Bertz CT molecular complexity index is 374. The summed E-state index contributed by atoms with van der Waals surface area (Å²) in [5.41, 5.74) is 2.21. The number of nitrogens with one attached hydrogen (secondary N) is 1. The predicted molar refractivity (Wildman–Crippen MR) is 66.7 cm³/mol. The van der Waals surface area contributed by atoms with Gasteiger partial charge in [-0.15, -0.1) is 0 Å². The Morgan fingerprint density at radius 1 is 1.53 bits per heavy atom. The highest BCUT2D eigenvalue weighted by Crippen LogP contribution is 2.20. The normalized spacial score (nSPS) is 21.7. The van der Waals surface area contributed by atoms with Crippen molar-refractivity contribution in [1.82, 2.24) is 5.32 Å². The number of benzene rings is 1. The van der Waals surface area contributed by atoms with E-state index in [0.717, 1.165) is 37.0 Å². The number of hydrogen-bond acceptors (Lipinski definition) is 2. The van der Waals surface area contributed by atoms with Gasteiger partial charge in [0.2, 0.25) is 0 Å². The van der Waals surface area contributed by atoms with E-state index in [2.05, 4.69) is 5.32 Å². The van der Waals surface area contributed by atoms with Crippen LogP contribution in [0.15, 0.2) is 18.2 Å². The fourth-order valence-electron chi connectivity index (χ4n) is 2.44. The van der Waals surface area contributed by atoms with Crippen LogP contribution in [0.4, 0.5) is 4.39 Å². The topological polar surface area (TPSA) is 21.3 Å². The van der Waals surface area contributed by atoms with Crippen LogP contribution in [0.3, 0.4) is 0 Å². The zero-order valence-electron chi connectivity index (χ0n) is 10.5. The molecule has 1 aliphatic heterocycles. The summed E-state index contributed by atoms with van der Waals surface area (Å²) >= 11 is 0. The van der Waals surface area contributed by atoms with Gasteiger partial charge in [0.1, 0.15) is 5.82 Å². The van der Waals surface area contributed by atoms with E-state index < -0.39 is 0 Å². The number of rotatable bonds is 4. The summed E-state index contributed by atoms with van der Waals surface area (Å²) in [6.07, 6.45) is 3.32. The molecule has 2 unspecified atom stereocenters. The smallest absolute Gasteiger partial charge is 0.123 e. The van der Waals surface area contributed by atoms with Crippen LogP contribution in [0, 0.1) is 12.7 Å². The minimum Gasteiger partial charge on any atom is -0.377 e. The van der Waals surface area contributed by atoms with Gasteiger partial charge in [0, 0.05) is 12.6 Å². The lowest BCUT2D eigenvalue weighted by Gasteiger charge is -2.23. The van der Waals surface area contributed by atoms with Gasteiger partial charge >= 0.3 is 0 Å². The Morgan fingerprint density at radius 2 is 2.35 bits per heavy atom. The summed E-state index contributed by atoms with van der Waals surface area (Å²) in [6.45, 7) is 2.88. The zero-order chi connectivity index (χ0) is 12.3. The second-order valence-corrected chi connectivity index (χ2v) is 4.72. The van der Waals surface area contributed by atoms with Crippen LogP contribution in [0.2, 0.25) is 0 Å². The van der Waals surface area contributed by atoms with Crippen LogP contribution < -0.4 is 5.32 Å². The first-order valence-corrected chi connectivity index (χ1v) is 6.24. The summed E-state index contributed by atoms with van der Waals surface area (Å²) in [4.78, 5) is 0. The van der Waals surface area contributed by atoms with E-state index in [0.29, 0.717) is 0 Å². The Morgan fingerprint density at radius 3 is 3.00 bits per heavy atom. The molecule has 1 saturated heterocycles. The molecule has 1 fully saturated rings. The third kappa shape index (κ3) is 3.05. The van der Waals surface area contributed by atoms with E-state index in [-0.39, 0.29) is 18.0 Å². The summed E-state index contributed by atoms with van der Waals surface area (Å²) < 4.78 is 18.9. The molecule has 2 atom stereocenters. The van der Waals surface area contributed by atoms with Crippen LogP contribution in [0.1, 0.15) is 24.0 Å². The third-order valence-corrected chi connectivity index (χ3v) is 3.54. The van der Waals surface area contributed by atoms with E-state index in [1.54, 1.807) is 6.07 Å². The van der Waals surface area contributed by atoms with Gasteiger partial charge in [-0.1, -0.05) is 6.07 Å². The highest BCUT2D eigenvalue weighted by atomic mass is 19.1. The molecule has 94 valence electrons. The predicted octanol–water partition coefficient (Wildman–Crippen LogP) is 2.44. The molecule has 0 saturated carbocycles. The molecule has 2 nitrogen and oxygen atoms in total. The molecule has 0 aliphatic carbocycles. The molecule has 2 rings (SSSR count). The minimum atomic E-state index is -0.159. The molecule has 0 radical (unpaired) electrons. The molecular formula is C14H20FNO. The van der Waals surface area contributed by atoms with E-state index in [1.807, 2.05) is 20.0 Å². The van der Waals surface area contributed by atoms with Crippen molar-refractivity contribution >= 4 is 0 Å². The van der Waals surface area contributed by atoms with Crippen molar-refractivity contribution in [2.45, 2.75) is 38.3 Å². The van der Waals surface area contributed by atoms with Gasteiger partial charge in [0.05, 0.1) is 6.10 Å². The average Bonchev–Trinajstić information content (AvgIpc) is 2.84. The van der Waals surface area contributed by atoms with Gasteiger partial charge in [-0.3, -0.25) is 0 Å². The van der Waals surface area contributed by atoms with E-state index in [4.69, 9.17) is 4.74 Å². The molecular weight excluding hydrogens is 217 g/mol. The second-order valence-electron chi connectivity index (χ2n) is 4.72. The first-order chi connectivity index (χ1) is 8.20. The van der Waals surface area contributed by atoms with Crippen LogP contribution in [-0.2, 0) is 11.2 Å². The van der Waals surface area contributed by atoms with Crippen molar-refractivity contribution < 1.29 is 9.13 Å². The highest BCUT2D eigenvalue weighted by molar-refractivity contribution is 5.27. The number of likely N-dealkylation sites (N-methyl/N-ethyl adjacent to an activating group) is 1. The molecule has 0 bridgehead atoms. The average molecular weight is 237 g/mol. The molecule has 1 aromatic carbocycles. The number of hydrogen-bond donors (Lipinski definition) is 1. The largest absolute Gasteiger partial charge is 0.377 e. The lowest BCUT2D eigenvalue weighted by Crippen LogP contribution is -2.39. The lowest BCUT2D eigenvalue weighted by atomic mass is 9.96. The lowest BCUT2D eigenvalue weighted by molar-refractivity contribution is 0.0808. The minimum absolute atomic E-state index is 0.159. The van der Waals surface area contributed by atoms with Crippen LogP contribution in [0.5, 0.6) is 0 Å². The standard InChI is InChI=1S/C14H20FNO/c1-10-5-6-12(15)8-11(10)9-13(16-2)14-4-3-7-17-14/h5-6,8,13-14,16H,3-4,7,9H2,1-2H3. The van der Waals surface area contributed by atoms with Crippen LogP contribution in [-0.4, -0.2) is 25.8 Å². The number of ether oxygens (including phenoxy) is 1. The van der Waals surface area contributed by atoms with Gasteiger partial charge in [-0.25, -0.2) is 4.39 Å². The Kier molecular flexibility index (Phi) is 4.13. The first kappa shape index (κ1) is 12.5. The van der Waals surface area contributed by atoms with Gasteiger partial charge in [0.25, 0.3) is 0 Å². The maximum Gasteiger partial charge on any atom is 0.123 e. The zero-order valence-corrected chi connectivity index (χ0v) is 10.5. The van der Waals surface area contributed by atoms with Gasteiger partial charge in [0.15, 0.2) is 0 Å². The van der Waals surface area contributed by atoms with Crippen molar-refractivity contribution in [2.24, 2.45) is 0 Å². The number of aryl methyl sites for hydroxylation is 1. The summed E-state index contributed by atoms with van der Waals surface area (Å²) in [6, 6.07) is 5.26. The molecule has 3 heteroatoms. The Hall–Kier alpha value is -0.930. The molecule has 1 aliphatic rings. The molecule has 0 amide bonds. The van der Waals surface area contributed by atoms with Gasteiger partial charge < -0.3 is 10.1 Å². The fourth-order valence-corrected chi connectivity index (χ4v) is 2.44. The molecule has 0 aromatic heterocycles. The first-order valence-electron chi connectivity index (χ1n) is 6.24. The van der Waals surface area contributed by atoms with Crippen LogP contribution in [0.25, 0.3) is 0 Å². The van der Waals surface area contributed by atoms with Gasteiger partial charge in [-0.05, 0) is 56.5 Å². The van der Waals surface area contributed by atoms with Crippen LogP contribution >= 0.6 is 0 Å². The van der Waals surface area contributed by atoms with E-state index >= 15 is 0 Å². The van der Waals surface area contributed by atoms with Crippen molar-refractivity contribution in [2.75, 3.05) is 13.7 Å². The molecule has 1 heterocycles. The van der Waals surface area contributed by atoms with E-state index in [9.17, 15) is 4.39 Å². The Balaban J connectivity index is 2.09. The van der Waals surface area contributed by atoms with Crippen molar-refractivity contribution in [3.63, 3.8) is 0 Å². The molecule has 1 N–H and O–H groups in total. The summed E-state index contributed by atoms with van der Waals surface area (Å²) in [5, 5.41) is 3.29. The molecule has 0 spiro atoms. The van der Waals surface area contributed by atoms with Gasteiger partial charge in [-0.2, -0.15) is 0 Å². The SMILES string of the molecule is CNC(Cc1cc(F)ccc1C)C1CCCO1. The quantitative estimate of drug-likeness (QED) is 0.868.